The molecule has 0 aliphatic carbocycles. The van der Waals surface area contributed by atoms with Crippen molar-refractivity contribution in [3.8, 4) is 0 Å². The summed E-state index contributed by atoms with van der Waals surface area (Å²) in [6, 6.07) is 0. The Morgan fingerprint density at radius 1 is 1.53 bits per heavy atom. The van der Waals surface area contributed by atoms with E-state index in [0.717, 1.165) is 10.6 Å². The summed E-state index contributed by atoms with van der Waals surface area (Å²) in [6.07, 6.45) is 0.264. The van der Waals surface area contributed by atoms with E-state index >= 15 is 0 Å². The maximum Gasteiger partial charge on any atom is 0.258 e. The third-order valence-electron chi connectivity index (χ3n) is 2.99. The molecule has 1 aliphatic rings. The molecule has 6 heteroatoms. The minimum atomic E-state index is -1.27. The first-order valence-electron chi connectivity index (χ1n) is 5.97. The number of rotatable bonds is 2. The first-order chi connectivity index (χ1) is 8.61. The molecule has 19 heavy (non-hydrogen) atoms. The predicted octanol–water partition coefficient (Wildman–Crippen LogP) is 1.79. The molecule has 1 atom stereocenters. The molecule has 1 heterocycles. The van der Waals surface area contributed by atoms with Gasteiger partial charge in [0.05, 0.1) is 5.03 Å². The van der Waals surface area contributed by atoms with Gasteiger partial charge in [0.25, 0.3) is 5.91 Å². The molecule has 1 rings (SSSR count). The fourth-order valence-corrected chi connectivity index (χ4v) is 1.99. The average molecular weight is 286 g/mol. The molecule has 1 unspecified atom stereocenters. The van der Waals surface area contributed by atoms with Crippen LogP contribution in [0.4, 0.5) is 0 Å². The number of nitrogens with zero attached hydrogens (tertiary/aromatic N) is 1. The van der Waals surface area contributed by atoms with Crippen molar-refractivity contribution in [2.75, 3.05) is 7.05 Å². The number of allylic oxidation sites excluding steroid dienone is 1. The van der Waals surface area contributed by atoms with Crippen LogP contribution in [0.3, 0.4) is 0 Å². The Kier molecular flexibility index (Phi) is 4.43. The molecule has 5 nitrogen and oxygen atoms in total. The zero-order valence-corrected chi connectivity index (χ0v) is 12.6. The Morgan fingerprint density at radius 2 is 2.05 bits per heavy atom. The molecule has 0 aromatic rings. The average Bonchev–Trinajstić information content (AvgIpc) is 2.49. The van der Waals surface area contributed by atoms with Crippen LogP contribution < -0.4 is 5.32 Å². The summed E-state index contributed by atoms with van der Waals surface area (Å²) in [7, 11) is 1.75. The summed E-state index contributed by atoms with van der Waals surface area (Å²) >= 11 is 5.84. The van der Waals surface area contributed by atoms with Gasteiger partial charge in [-0.25, -0.2) is 0 Å². The molecule has 0 saturated carbocycles. The number of amides is 1. The molecular formula is C13H20ClN3O2. The van der Waals surface area contributed by atoms with Gasteiger partial charge >= 0.3 is 0 Å². The van der Waals surface area contributed by atoms with Gasteiger partial charge in [0.2, 0.25) is 0 Å². The summed E-state index contributed by atoms with van der Waals surface area (Å²) in [4.78, 5) is 12.9. The van der Waals surface area contributed by atoms with Crippen LogP contribution in [0.25, 0.3) is 0 Å². The number of amidine groups is 1. The molecule has 0 aromatic carbocycles. The first kappa shape index (κ1) is 15.7. The molecule has 0 saturated heterocycles. The van der Waals surface area contributed by atoms with Gasteiger partial charge in [-0.05, 0) is 6.92 Å². The molecule has 1 aliphatic heterocycles. The van der Waals surface area contributed by atoms with E-state index in [1.807, 2.05) is 20.8 Å². The predicted molar refractivity (Wildman–Crippen MR) is 75.7 cm³/mol. The summed E-state index contributed by atoms with van der Waals surface area (Å²) in [6.45, 7) is 7.50. The van der Waals surface area contributed by atoms with Crippen LogP contribution in [-0.2, 0) is 4.79 Å². The summed E-state index contributed by atoms with van der Waals surface area (Å²) in [5, 5.41) is 20.9. The van der Waals surface area contributed by atoms with E-state index in [4.69, 9.17) is 17.0 Å². The molecule has 0 radical (unpaired) electrons. The lowest BCUT2D eigenvalue weighted by Crippen LogP contribution is -2.40. The van der Waals surface area contributed by atoms with Crippen molar-refractivity contribution in [3.05, 3.63) is 22.4 Å². The monoisotopic (exact) mass is 285 g/mol. The molecule has 1 amide bonds. The lowest BCUT2D eigenvalue weighted by atomic mass is 9.91. The highest BCUT2D eigenvalue weighted by Gasteiger charge is 2.37. The zero-order valence-electron chi connectivity index (χ0n) is 11.8. The minimum absolute atomic E-state index is 0.0740. The molecule has 0 fully saturated rings. The normalized spacial score (nSPS) is 21.2. The van der Waals surface area contributed by atoms with Crippen molar-refractivity contribution in [1.29, 1.82) is 5.41 Å². The van der Waals surface area contributed by atoms with Crippen molar-refractivity contribution < 1.29 is 9.90 Å². The molecule has 3 N–H and O–H groups in total. The third-order valence-corrected chi connectivity index (χ3v) is 3.47. The van der Waals surface area contributed by atoms with Crippen LogP contribution in [0.15, 0.2) is 22.4 Å². The van der Waals surface area contributed by atoms with Crippen LogP contribution >= 0.6 is 11.6 Å². The summed E-state index contributed by atoms with van der Waals surface area (Å²) in [5.74, 6) is -0.533. The lowest BCUT2D eigenvalue weighted by molar-refractivity contribution is -0.126. The van der Waals surface area contributed by atoms with Crippen molar-refractivity contribution in [1.82, 2.24) is 10.2 Å². The van der Waals surface area contributed by atoms with Crippen molar-refractivity contribution >= 4 is 23.3 Å². The molecule has 0 aromatic heterocycles. The largest absolute Gasteiger partial charge is 0.391 e. The molecule has 0 bridgehead atoms. The van der Waals surface area contributed by atoms with Crippen LogP contribution in [0, 0.1) is 10.8 Å². The van der Waals surface area contributed by atoms with Crippen molar-refractivity contribution in [3.63, 3.8) is 0 Å². The lowest BCUT2D eigenvalue weighted by Gasteiger charge is -2.25. The topological polar surface area (TPSA) is 76.4 Å². The van der Waals surface area contributed by atoms with Crippen LogP contribution in [0.5, 0.6) is 0 Å². The Hall–Kier alpha value is -1.33. The Bertz CT molecular complexity index is 475. The van der Waals surface area contributed by atoms with E-state index < -0.39 is 12.1 Å². The van der Waals surface area contributed by atoms with Gasteiger partial charge in [0, 0.05) is 29.8 Å². The Morgan fingerprint density at radius 3 is 2.37 bits per heavy atom. The highest BCUT2D eigenvalue weighted by molar-refractivity contribution is 6.34. The fourth-order valence-electron chi connectivity index (χ4n) is 1.81. The second kappa shape index (κ2) is 5.35. The highest BCUT2D eigenvalue weighted by Crippen LogP contribution is 2.28. The van der Waals surface area contributed by atoms with Gasteiger partial charge in [-0.2, -0.15) is 0 Å². The summed E-state index contributed by atoms with van der Waals surface area (Å²) in [5.41, 5.74) is 0.869. The second-order valence-corrected chi connectivity index (χ2v) is 5.87. The van der Waals surface area contributed by atoms with Gasteiger partial charge in [0.1, 0.15) is 5.84 Å². The maximum atomic E-state index is 11.9. The van der Waals surface area contributed by atoms with Gasteiger partial charge in [-0.3, -0.25) is 15.1 Å². The number of aliphatic hydroxyl groups excluding tert-OH is 1. The van der Waals surface area contributed by atoms with Gasteiger partial charge < -0.3 is 10.4 Å². The molecule has 106 valence electrons. The van der Waals surface area contributed by atoms with E-state index in [1.165, 1.54) is 13.0 Å². The van der Waals surface area contributed by atoms with Gasteiger partial charge in [-0.15, -0.1) is 0 Å². The number of halogens is 1. The van der Waals surface area contributed by atoms with E-state index in [0.29, 0.717) is 0 Å². The molecular weight excluding hydrogens is 266 g/mol. The van der Waals surface area contributed by atoms with Gasteiger partial charge in [0.15, 0.2) is 6.23 Å². The summed E-state index contributed by atoms with van der Waals surface area (Å²) < 4.78 is 0. The van der Waals surface area contributed by atoms with E-state index in [-0.39, 0.29) is 21.9 Å². The van der Waals surface area contributed by atoms with E-state index in [9.17, 15) is 9.90 Å². The van der Waals surface area contributed by atoms with Crippen LogP contribution in [0.2, 0.25) is 0 Å². The second-order valence-electron chi connectivity index (χ2n) is 5.47. The Balaban J connectivity index is 3.04. The number of carbonyl (C=O) groups excluding carboxylic acids is 1. The number of nitrogens with one attached hydrogen (secondary N) is 2. The van der Waals surface area contributed by atoms with Gasteiger partial charge in [-0.1, -0.05) is 32.4 Å². The highest BCUT2D eigenvalue weighted by atomic mass is 35.5. The smallest absolute Gasteiger partial charge is 0.258 e. The first-order valence-corrected chi connectivity index (χ1v) is 6.35. The number of aliphatic hydroxyl groups is 1. The number of hydrogen-bond acceptors (Lipinski definition) is 4. The number of hydrogen-bond donors (Lipinski definition) is 3. The SMILES string of the molecule is CN/C(=C\C(=N)N1C(=O)C(C)=C(Cl)C1O)C(C)(C)C. The van der Waals surface area contributed by atoms with Crippen LogP contribution in [-0.4, -0.2) is 35.0 Å². The standard InChI is InChI=1S/C13H20ClN3O2/c1-7-10(14)12(19)17(11(7)18)9(15)6-8(16-5)13(2,3)4/h6,12,15-16,19H,1-5H3/b8-6-,15-9?. The Labute approximate surface area is 118 Å². The molecule has 0 spiro atoms. The van der Waals surface area contributed by atoms with Crippen LogP contribution in [0.1, 0.15) is 27.7 Å². The van der Waals surface area contributed by atoms with E-state index in [1.54, 1.807) is 7.05 Å². The minimum Gasteiger partial charge on any atom is -0.391 e. The van der Waals surface area contributed by atoms with E-state index in [2.05, 4.69) is 5.32 Å². The third kappa shape index (κ3) is 2.98. The maximum absolute atomic E-state index is 11.9. The fraction of sp³-hybridized carbons (Fsp3) is 0.538. The number of carbonyl (C=O) groups is 1. The quantitative estimate of drug-likeness (QED) is 0.535. The zero-order chi connectivity index (χ0) is 15.0. The van der Waals surface area contributed by atoms with Crippen molar-refractivity contribution in [2.24, 2.45) is 5.41 Å². The van der Waals surface area contributed by atoms with Crippen molar-refractivity contribution in [2.45, 2.75) is 33.9 Å².